The molecule has 2 aromatic heterocycles. The van der Waals surface area contributed by atoms with Crippen molar-refractivity contribution in [3.05, 3.63) is 65.6 Å². The summed E-state index contributed by atoms with van der Waals surface area (Å²) in [5.41, 5.74) is 6.05. The van der Waals surface area contributed by atoms with Crippen molar-refractivity contribution < 1.29 is 4.79 Å². The molecule has 1 aromatic carbocycles. The van der Waals surface area contributed by atoms with Gasteiger partial charge in [-0.05, 0) is 30.7 Å². The van der Waals surface area contributed by atoms with E-state index in [-0.39, 0.29) is 5.91 Å². The molecule has 3 heterocycles. The van der Waals surface area contributed by atoms with Gasteiger partial charge in [-0.15, -0.1) is 0 Å². The van der Waals surface area contributed by atoms with Crippen molar-refractivity contribution >= 4 is 28.1 Å². The van der Waals surface area contributed by atoms with Crippen LogP contribution in [0.2, 0.25) is 0 Å². The van der Waals surface area contributed by atoms with E-state index >= 15 is 0 Å². The number of carbonyl (C=O) groups excluding carboxylic acids is 1. The van der Waals surface area contributed by atoms with Crippen LogP contribution in [-0.4, -0.2) is 15.9 Å². The highest BCUT2D eigenvalue weighted by Crippen LogP contribution is 2.39. The molecule has 1 aliphatic rings. The Morgan fingerprint density at radius 2 is 1.86 bits per heavy atom. The van der Waals surface area contributed by atoms with Crippen LogP contribution in [0.25, 0.3) is 16.5 Å². The molecule has 4 heteroatoms. The average molecular weight is 289 g/mol. The number of pyridine rings is 1. The molecule has 3 aromatic rings. The Morgan fingerprint density at radius 3 is 2.68 bits per heavy atom. The summed E-state index contributed by atoms with van der Waals surface area (Å²) in [6.07, 6.45) is 3.95. The van der Waals surface area contributed by atoms with Crippen LogP contribution in [0.15, 0.2) is 54.4 Å². The molecule has 1 amide bonds. The van der Waals surface area contributed by atoms with E-state index < -0.39 is 0 Å². The van der Waals surface area contributed by atoms with Crippen LogP contribution in [0, 0.1) is 0 Å². The number of H-pyrrole nitrogens is 1. The third kappa shape index (κ3) is 1.92. The van der Waals surface area contributed by atoms with Gasteiger partial charge in [-0.1, -0.05) is 23.8 Å². The molecule has 0 saturated heterocycles. The van der Waals surface area contributed by atoms with Gasteiger partial charge in [0.15, 0.2) is 0 Å². The Hall–Kier alpha value is -2.88. The van der Waals surface area contributed by atoms with Crippen molar-refractivity contribution in [1.29, 1.82) is 0 Å². The van der Waals surface area contributed by atoms with Crippen LogP contribution < -0.4 is 5.32 Å². The first-order chi connectivity index (χ1) is 10.7. The van der Waals surface area contributed by atoms with Gasteiger partial charge in [-0.3, -0.25) is 9.78 Å². The highest BCUT2D eigenvalue weighted by Gasteiger charge is 2.23. The minimum atomic E-state index is 0.0209. The smallest absolute Gasteiger partial charge is 0.228 e. The summed E-state index contributed by atoms with van der Waals surface area (Å²) in [5, 5.41) is 4.08. The third-order valence-electron chi connectivity index (χ3n) is 4.04. The number of aromatic amines is 1. The Bertz CT molecular complexity index is 906. The number of aromatic nitrogens is 2. The molecule has 108 valence electrons. The van der Waals surface area contributed by atoms with Gasteiger partial charge in [-0.25, -0.2) is 0 Å². The number of rotatable bonds is 1. The lowest BCUT2D eigenvalue weighted by molar-refractivity contribution is -0.115. The van der Waals surface area contributed by atoms with Gasteiger partial charge in [0, 0.05) is 35.3 Å². The lowest BCUT2D eigenvalue weighted by atomic mass is 9.97. The van der Waals surface area contributed by atoms with Gasteiger partial charge in [0.1, 0.15) is 0 Å². The Balaban J connectivity index is 2.06. The monoisotopic (exact) mass is 289 g/mol. The van der Waals surface area contributed by atoms with Gasteiger partial charge < -0.3 is 10.3 Å². The number of para-hydroxylation sites is 1. The van der Waals surface area contributed by atoms with Gasteiger partial charge in [0.2, 0.25) is 5.91 Å². The molecule has 0 saturated carbocycles. The number of carbonyl (C=O) groups is 1. The fourth-order valence-electron chi connectivity index (χ4n) is 3.09. The van der Waals surface area contributed by atoms with Crippen LogP contribution in [0.4, 0.5) is 5.69 Å². The quantitative estimate of drug-likeness (QED) is 0.717. The number of amides is 1. The molecule has 4 rings (SSSR count). The molecule has 0 unspecified atom stereocenters. The average Bonchev–Trinajstić information content (AvgIpc) is 2.81. The van der Waals surface area contributed by atoms with E-state index in [0.717, 1.165) is 39.0 Å². The van der Waals surface area contributed by atoms with E-state index in [1.54, 1.807) is 12.4 Å². The fourth-order valence-corrected chi connectivity index (χ4v) is 3.09. The second-order valence-corrected chi connectivity index (χ2v) is 5.54. The molecular formula is C18H15N3O. The van der Waals surface area contributed by atoms with Crippen molar-refractivity contribution in [2.24, 2.45) is 0 Å². The lowest BCUT2D eigenvalue weighted by Crippen LogP contribution is -2.09. The molecule has 0 atom stereocenters. The molecule has 0 bridgehead atoms. The minimum absolute atomic E-state index is 0.0209. The van der Waals surface area contributed by atoms with E-state index in [4.69, 9.17) is 0 Å². The zero-order chi connectivity index (χ0) is 15.1. The van der Waals surface area contributed by atoms with E-state index in [2.05, 4.69) is 15.3 Å². The predicted molar refractivity (Wildman–Crippen MR) is 87.5 cm³/mol. The summed E-state index contributed by atoms with van der Waals surface area (Å²) in [4.78, 5) is 19.8. The second-order valence-electron chi connectivity index (χ2n) is 5.54. The maximum Gasteiger partial charge on any atom is 0.228 e. The standard InChI is InChI=1S/C18H15N3O/c1-11-10-15(22)21-17-13-4-2-3-5-14(13)20-18(17)16(11)12-6-8-19-9-7-12/h2-9,20H,10H2,1H3,(H,21,22). The number of anilines is 1. The predicted octanol–water partition coefficient (Wildman–Crippen LogP) is 3.73. The number of hydrogen-bond donors (Lipinski definition) is 2. The van der Waals surface area contributed by atoms with Crippen molar-refractivity contribution in [2.45, 2.75) is 13.3 Å². The highest BCUT2D eigenvalue weighted by atomic mass is 16.1. The normalized spacial score (nSPS) is 14.7. The zero-order valence-corrected chi connectivity index (χ0v) is 12.2. The summed E-state index contributed by atoms with van der Waals surface area (Å²) in [5.74, 6) is 0.0209. The Labute approximate surface area is 127 Å². The first-order valence-corrected chi connectivity index (χ1v) is 7.25. The third-order valence-corrected chi connectivity index (χ3v) is 4.04. The first-order valence-electron chi connectivity index (χ1n) is 7.25. The number of hydrogen-bond acceptors (Lipinski definition) is 2. The molecule has 22 heavy (non-hydrogen) atoms. The topological polar surface area (TPSA) is 57.8 Å². The van der Waals surface area contributed by atoms with Gasteiger partial charge in [-0.2, -0.15) is 0 Å². The van der Waals surface area contributed by atoms with Crippen molar-refractivity contribution in [3.8, 4) is 0 Å². The fraction of sp³-hybridized carbons (Fsp3) is 0.111. The van der Waals surface area contributed by atoms with E-state index in [9.17, 15) is 4.79 Å². The Kier molecular flexibility index (Phi) is 2.82. The van der Waals surface area contributed by atoms with Crippen LogP contribution in [0.3, 0.4) is 0 Å². The SMILES string of the molecule is CC1=C(c2ccncc2)c2[nH]c3ccccc3c2NC(=O)C1. The zero-order valence-electron chi connectivity index (χ0n) is 12.2. The largest absolute Gasteiger partial charge is 0.353 e. The molecule has 2 N–H and O–H groups in total. The molecule has 0 aliphatic carbocycles. The number of fused-ring (bicyclic) bond motifs is 3. The second kappa shape index (κ2) is 4.84. The Morgan fingerprint density at radius 1 is 1.09 bits per heavy atom. The van der Waals surface area contributed by atoms with Gasteiger partial charge in [0.05, 0.1) is 11.4 Å². The molecule has 1 aliphatic heterocycles. The lowest BCUT2D eigenvalue weighted by Gasteiger charge is -2.09. The van der Waals surface area contributed by atoms with E-state index in [1.807, 2.05) is 43.3 Å². The summed E-state index contributed by atoms with van der Waals surface area (Å²) in [6, 6.07) is 12.0. The molecular weight excluding hydrogens is 274 g/mol. The maximum atomic E-state index is 12.2. The summed E-state index contributed by atoms with van der Waals surface area (Å²) in [6.45, 7) is 2.01. The molecule has 0 spiro atoms. The van der Waals surface area contributed by atoms with Crippen molar-refractivity contribution in [2.75, 3.05) is 5.32 Å². The first kappa shape index (κ1) is 12.8. The molecule has 0 fully saturated rings. The number of benzene rings is 1. The van der Waals surface area contributed by atoms with Crippen LogP contribution in [0.1, 0.15) is 24.6 Å². The number of nitrogens with one attached hydrogen (secondary N) is 2. The molecule has 0 radical (unpaired) electrons. The maximum absolute atomic E-state index is 12.2. The van der Waals surface area contributed by atoms with E-state index in [1.165, 1.54) is 0 Å². The van der Waals surface area contributed by atoms with Crippen LogP contribution >= 0.6 is 0 Å². The summed E-state index contributed by atoms with van der Waals surface area (Å²) in [7, 11) is 0. The highest BCUT2D eigenvalue weighted by molar-refractivity contribution is 6.10. The van der Waals surface area contributed by atoms with Gasteiger partial charge in [0.25, 0.3) is 0 Å². The van der Waals surface area contributed by atoms with Crippen LogP contribution in [-0.2, 0) is 4.79 Å². The van der Waals surface area contributed by atoms with Gasteiger partial charge >= 0.3 is 0 Å². The summed E-state index contributed by atoms with van der Waals surface area (Å²) >= 11 is 0. The minimum Gasteiger partial charge on any atom is -0.353 e. The van der Waals surface area contributed by atoms with Crippen molar-refractivity contribution in [1.82, 2.24) is 9.97 Å². The van der Waals surface area contributed by atoms with Crippen LogP contribution in [0.5, 0.6) is 0 Å². The van der Waals surface area contributed by atoms with Crippen molar-refractivity contribution in [3.63, 3.8) is 0 Å². The summed E-state index contributed by atoms with van der Waals surface area (Å²) < 4.78 is 0. The number of nitrogens with zero attached hydrogens (tertiary/aromatic N) is 1. The van der Waals surface area contributed by atoms with E-state index in [0.29, 0.717) is 6.42 Å². The molecule has 4 nitrogen and oxygen atoms in total.